The Morgan fingerprint density at radius 1 is 0.315 bits per heavy atom. The van der Waals surface area contributed by atoms with Gasteiger partial charge in [0.15, 0.2) is 0 Å². The van der Waals surface area contributed by atoms with Crippen LogP contribution in [0.2, 0.25) is 0 Å². The van der Waals surface area contributed by atoms with Crippen LogP contribution >= 0.6 is 0 Å². The van der Waals surface area contributed by atoms with E-state index >= 15 is 0 Å². The molecule has 5 saturated heterocycles. The number of methoxy groups -OCH3 is 2. The van der Waals surface area contributed by atoms with Crippen molar-refractivity contribution in [1.29, 1.82) is 0 Å². The first-order chi connectivity index (χ1) is 35.8. The van der Waals surface area contributed by atoms with Crippen LogP contribution in [-0.4, -0.2) is 111 Å². The quantitative estimate of drug-likeness (QED) is 0.0941. The number of benzene rings is 5. The highest BCUT2D eigenvalue weighted by atomic mass is 16.6. The van der Waals surface area contributed by atoms with Gasteiger partial charge >= 0.3 is 0 Å². The summed E-state index contributed by atoms with van der Waals surface area (Å²) in [7, 11) is 3.36. The number of hydrogen-bond donors (Lipinski definition) is 0. The largest absolute Gasteiger partial charge is 0.491 e. The Bertz CT molecular complexity index is 1600. The topological polar surface area (TPSA) is 109 Å². The predicted molar refractivity (Wildman–Crippen MR) is 306 cm³/mol. The molecule has 0 aliphatic carbocycles. The smallest absolute Gasteiger partial charge is 0.119 e. The Morgan fingerprint density at radius 3 is 0.630 bits per heavy atom. The third-order valence-electron chi connectivity index (χ3n) is 9.19. The lowest BCUT2D eigenvalue weighted by molar-refractivity contribution is 0.171. The summed E-state index contributed by atoms with van der Waals surface area (Å²) in [6.45, 7) is 36.8. The molecule has 5 unspecified atom stereocenters. The van der Waals surface area contributed by atoms with Crippen molar-refractivity contribution in [2.45, 2.75) is 139 Å². The van der Waals surface area contributed by atoms with E-state index in [2.05, 4.69) is 76.2 Å². The molecule has 5 aromatic rings. The zero-order valence-corrected chi connectivity index (χ0v) is 48.1. The molecule has 0 amide bonds. The first-order valence-electron chi connectivity index (χ1n) is 27.0. The fraction of sp³-hybridized carbons (Fsp3) is 0.524. The summed E-state index contributed by atoms with van der Waals surface area (Å²) in [4.78, 5) is 0. The average Bonchev–Trinajstić information content (AvgIpc) is 4.25. The van der Waals surface area contributed by atoms with Crippen molar-refractivity contribution in [2.24, 2.45) is 0 Å². The van der Waals surface area contributed by atoms with E-state index in [9.17, 15) is 0 Å². The maximum atomic E-state index is 5.40. The fourth-order valence-electron chi connectivity index (χ4n) is 4.99. The first-order valence-corrected chi connectivity index (χ1v) is 27.0. The number of ether oxygens (including phenoxy) is 10. The van der Waals surface area contributed by atoms with E-state index in [0.717, 1.165) is 63.5 Å². The number of para-hydroxylation sites is 3. The van der Waals surface area contributed by atoms with Crippen LogP contribution in [0.15, 0.2) is 152 Å². The van der Waals surface area contributed by atoms with Crippen LogP contribution in [0.4, 0.5) is 0 Å². The zero-order chi connectivity index (χ0) is 54.7. The van der Waals surface area contributed by atoms with Gasteiger partial charge in [0.2, 0.25) is 0 Å². The van der Waals surface area contributed by atoms with Crippen LogP contribution in [0.1, 0.15) is 120 Å². The lowest BCUT2D eigenvalue weighted by Gasteiger charge is -2.01. The van der Waals surface area contributed by atoms with Gasteiger partial charge in [0.25, 0.3) is 0 Å². The Labute approximate surface area is 445 Å². The summed E-state index contributed by atoms with van der Waals surface area (Å²) < 4.78 is 50.4. The Hall–Kier alpha value is -4.78. The third-order valence-corrected chi connectivity index (χ3v) is 9.19. The molecular weight excluding hydrogens is 917 g/mol. The minimum absolute atomic E-state index is 0.343. The van der Waals surface area contributed by atoms with Gasteiger partial charge in [-0.2, -0.15) is 0 Å². The van der Waals surface area contributed by atoms with Crippen molar-refractivity contribution < 1.29 is 47.4 Å². The van der Waals surface area contributed by atoms with Gasteiger partial charge in [-0.3, -0.25) is 0 Å². The second kappa shape index (κ2) is 50.7. The lowest BCUT2D eigenvalue weighted by atomic mass is 10.0. The van der Waals surface area contributed by atoms with Crippen LogP contribution in [0.3, 0.4) is 0 Å². The summed E-state index contributed by atoms with van der Waals surface area (Å²) in [5, 5.41) is 0. The van der Waals surface area contributed by atoms with Gasteiger partial charge in [0.05, 0.1) is 46.2 Å². The zero-order valence-electron chi connectivity index (χ0n) is 48.1. The molecule has 0 saturated carbocycles. The number of hydrogen-bond acceptors (Lipinski definition) is 10. The van der Waals surface area contributed by atoms with Gasteiger partial charge in [0, 0.05) is 14.2 Å². The average molecular weight is 1020 g/mol. The summed E-state index contributed by atoms with van der Waals surface area (Å²) in [6, 6.07) is 50.4. The van der Waals surface area contributed by atoms with Crippen LogP contribution in [-0.2, 0) is 33.2 Å². The first kappa shape index (κ1) is 70.3. The molecule has 5 aliphatic rings. The summed E-state index contributed by atoms with van der Waals surface area (Å²) in [5.41, 5.74) is 2.83. The summed E-state index contributed by atoms with van der Waals surface area (Å²) in [5.74, 6) is 4.08. The predicted octanol–water partition coefficient (Wildman–Crippen LogP) is 15.2. The standard InChI is InChI=1S/3C9H10O2.2C9H12.2C4H8O2.5C2H6/c3*1-2-4-8(5-3-1)10-6-9-7-11-9;2*1-8(2)9-6-4-3-5-7-9;2*1-5-2-4-3-6-4;5*1-2/h3*1-5,9H,6-7H2;2*3-8H,1-2H3;2*4H,2-3H2,1H3;5*1-2H3. The van der Waals surface area contributed by atoms with Crippen LogP contribution in [0, 0.1) is 0 Å². The number of epoxide rings is 5. The van der Waals surface area contributed by atoms with Gasteiger partial charge in [-0.1, -0.05) is 212 Å². The monoisotopic (exact) mass is 1020 g/mol. The van der Waals surface area contributed by atoms with Gasteiger partial charge in [0.1, 0.15) is 67.6 Å². The summed E-state index contributed by atoms with van der Waals surface area (Å²) in [6.07, 6.45) is 1.88. The molecule has 5 fully saturated rings. The molecule has 10 nitrogen and oxygen atoms in total. The van der Waals surface area contributed by atoms with Gasteiger partial charge in [-0.25, -0.2) is 0 Å². The molecule has 10 rings (SSSR count). The van der Waals surface area contributed by atoms with Crippen molar-refractivity contribution in [1.82, 2.24) is 0 Å². The number of rotatable bonds is 15. The van der Waals surface area contributed by atoms with Crippen LogP contribution in [0.5, 0.6) is 17.2 Å². The molecule has 412 valence electrons. The molecule has 0 aromatic heterocycles. The van der Waals surface area contributed by atoms with Crippen molar-refractivity contribution >= 4 is 0 Å². The molecule has 5 heterocycles. The highest BCUT2D eigenvalue weighted by Crippen LogP contribution is 2.17. The second-order valence-corrected chi connectivity index (χ2v) is 15.7. The second-order valence-electron chi connectivity index (χ2n) is 15.7. The molecule has 0 spiro atoms. The van der Waals surface area contributed by atoms with E-state index in [1.807, 2.05) is 172 Å². The highest BCUT2D eigenvalue weighted by molar-refractivity contribution is 5.23. The van der Waals surface area contributed by atoms with Crippen molar-refractivity contribution in [3.63, 3.8) is 0 Å². The molecule has 73 heavy (non-hydrogen) atoms. The van der Waals surface area contributed by atoms with E-state index in [1.165, 1.54) is 11.1 Å². The maximum absolute atomic E-state index is 5.40. The molecule has 0 N–H and O–H groups in total. The molecule has 0 bridgehead atoms. The molecule has 5 aromatic carbocycles. The summed E-state index contributed by atoms with van der Waals surface area (Å²) >= 11 is 0. The van der Waals surface area contributed by atoms with E-state index in [-0.39, 0.29) is 0 Å². The van der Waals surface area contributed by atoms with Gasteiger partial charge in [-0.05, 0) is 59.4 Å². The highest BCUT2D eigenvalue weighted by Gasteiger charge is 2.24. The van der Waals surface area contributed by atoms with Crippen molar-refractivity contribution in [3.05, 3.63) is 163 Å². The van der Waals surface area contributed by atoms with Crippen molar-refractivity contribution in [3.8, 4) is 17.2 Å². The Kier molecular flexibility index (Phi) is 48.9. The molecule has 5 aliphatic heterocycles. The lowest BCUT2D eigenvalue weighted by Crippen LogP contribution is -2.03. The maximum Gasteiger partial charge on any atom is 0.119 e. The minimum Gasteiger partial charge on any atom is -0.491 e. The Morgan fingerprint density at radius 2 is 0.493 bits per heavy atom. The van der Waals surface area contributed by atoms with Crippen molar-refractivity contribution in [2.75, 3.05) is 80.3 Å². The molecular formula is C63H100O10. The van der Waals surface area contributed by atoms with E-state index in [1.54, 1.807) is 14.2 Å². The molecule has 5 atom stereocenters. The van der Waals surface area contributed by atoms with Crippen LogP contribution < -0.4 is 14.2 Å². The third kappa shape index (κ3) is 45.6. The normalized spacial score (nSPS) is 17.5. The molecule has 10 heteroatoms. The van der Waals surface area contributed by atoms with E-state index < -0.39 is 0 Å². The fourth-order valence-corrected chi connectivity index (χ4v) is 4.99. The minimum atomic E-state index is 0.343. The molecule has 0 radical (unpaired) electrons. The van der Waals surface area contributed by atoms with Crippen LogP contribution in [0.25, 0.3) is 0 Å². The van der Waals surface area contributed by atoms with E-state index in [0.29, 0.717) is 62.2 Å². The van der Waals surface area contributed by atoms with Gasteiger partial charge in [-0.15, -0.1) is 0 Å². The SMILES string of the molecule is CC.CC.CC.CC.CC.CC(C)c1ccccc1.CC(C)c1ccccc1.COCC1CO1.COCC1CO1.c1ccc(OCC2CO2)cc1.c1ccc(OCC2CO2)cc1.c1ccc(OCC2CO2)cc1. The van der Waals surface area contributed by atoms with E-state index in [4.69, 9.17) is 47.4 Å². The van der Waals surface area contributed by atoms with Gasteiger partial charge < -0.3 is 47.4 Å². The Balaban J connectivity index is 0.